The van der Waals surface area contributed by atoms with Crippen LogP contribution in [0.3, 0.4) is 0 Å². The molecule has 0 saturated carbocycles. The maximum absolute atomic E-state index is 12.7. The number of nitrogens with one attached hydrogen (secondary N) is 1. The van der Waals surface area contributed by atoms with E-state index >= 15 is 0 Å². The van der Waals surface area contributed by atoms with E-state index in [-0.39, 0.29) is 30.0 Å². The zero-order valence-corrected chi connectivity index (χ0v) is 19.8. The smallest absolute Gasteiger partial charge is 0.410 e. The number of benzene rings is 1. The van der Waals surface area contributed by atoms with E-state index in [1.807, 2.05) is 25.7 Å². The van der Waals surface area contributed by atoms with Crippen LogP contribution >= 0.6 is 0 Å². The van der Waals surface area contributed by atoms with Crippen molar-refractivity contribution in [3.8, 4) is 0 Å². The van der Waals surface area contributed by atoms with Crippen LogP contribution in [0.4, 0.5) is 16.2 Å². The predicted octanol–water partition coefficient (Wildman–Crippen LogP) is 2.69. The lowest BCUT2D eigenvalue weighted by Gasteiger charge is -2.40. The number of imide groups is 1. The third-order valence-electron chi connectivity index (χ3n) is 7.43. The van der Waals surface area contributed by atoms with E-state index in [0.29, 0.717) is 18.8 Å². The average molecular weight is 455 g/mol. The molecule has 0 aromatic heterocycles. The number of rotatable bonds is 2. The van der Waals surface area contributed by atoms with Crippen molar-refractivity contribution in [1.82, 2.24) is 10.2 Å². The number of hydrogen-bond acceptors (Lipinski definition) is 6. The molecule has 3 saturated heterocycles. The van der Waals surface area contributed by atoms with Crippen LogP contribution in [0.5, 0.6) is 0 Å². The summed E-state index contributed by atoms with van der Waals surface area (Å²) in [5.74, 6) is 0.0811. The Labute approximate surface area is 195 Å². The van der Waals surface area contributed by atoms with Gasteiger partial charge in [0.15, 0.2) is 0 Å². The van der Waals surface area contributed by atoms with Crippen molar-refractivity contribution in [2.75, 3.05) is 36.0 Å². The van der Waals surface area contributed by atoms with Crippen molar-refractivity contribution < 1.29 is 19.1 Å². The fourth-order valence-corrected chi connectivity index (χ4v) is 5.99. The van der Waals surface area contributed by atoms with Crippen LogP contribution in [0.15, 0.2) is 18.2 Å². The molecular formula is C25H34N4O4. The van der Waals surface area contributed by atoms with Gasteiger partial charge in [0.05, 0.1) is 0 Å². The summed E-state index contributed by atoms with van der Waals surface area (Å²) in [6.07, 6.45) is 3.61. The van der Waals surface area contributed by atoms with Gasteiger partial charge in [0.1, 0.15) is 11.6 Å². The molecule has 1 N–H and O–H groups in total. The normalized spacial score (nSPS) is 27.4. The summed E-state index contributed by atoms with van der Waals surface area (Å²) in [6.45, 7) is 9.12. The number of fused-ring (bicyclic) bond motifs is 2. The molecule has 0 radical (unpaired) electrons. The molecule has 0 bridgehead atoms. The van der Waals surface area contributed by atoms with Gasteiger partial charge in [-0.2, -0.15) is 0 Å². The minimum Gasteiger partial charge on any atom is -0.444 e. The summed E-state index contributed by atoms with van der Waals surface area (Å²) in [6, 6.07) is 6.33. The summed E-state index contributed by atoms with van der Waals surface area (Å²) in [5, 5.41) is 2.50. The van der Waals surface area contributed by atoms with Crippen molar-refractivity contribution in [2.45, 2.75) is 70.6 Å². The zero-order valence-electron chi connectivity index (χ0n) is 19.8. The lowest BCUT2D eigenvalue weighted by molar-refractivity contribution is -0.134. The van der Waals surface area contributed by atoms with E-state index in [1.54, 1.807) is 0 Å². The maximum Gasteiger partial charge on any atom is 0.410 e. The third-order valence-corrected chi connectivity index (χ3v) is 7.43. The summed E-state index contributed by atoms with van der Waals surface area (Å²) < 4.78 is 5.64. The van der Waals surface area contributed by atoms with E-state index in [0.717, 1.165) is 51.1 Å². The van der Waals surface area contributed by atoms with E-state index in [9.17, 15) is 14.4 Å². The Balaban J connectivity index is 1.30. The number of carbonyl (C=O) groups is 3. The van der Waals surface area contributed by atoms with Gasteiger partial charge in [-0.15, -0.1) is 0 Å². The summed E-state index contributed by atoms with van der Waals surface area (Å²) in [7, 11) is 0. The molecule has 1 aromatic carbocycles. The third kappa shape index (κ3) is 4.15. The quantitative estimate of drug-likeness (QED) is 0.692. The number of ether oxygens (including phenoxy) is 1. The second kappa shape index (κ2) is 8.22. The Morgan fingerprint density at radius 3 is 2.58 bits per heavy atom. The predicted molar refractivity (Wildman–Crippen MR) is 125 cm³/mol. The van der Waals surface area contributed by atoms with E-state index < -0.39 is 5.60 Å². The number of anilines is 2. The molecule has 3 fully saturated rings. The second-order valence-electron chi connectivity index (χ2n) is 10.7. The van der Waals surface area contributed by atoms with Gasteiger partial charge < -0.3 is 19.4 Å². The number of likely N-dealkylation sites (tertiary alicyclic amines) is 1. The first kappa shape index (κ1) is 22.0. The largest absolute Gasteiger partial charge is 0.444 e. The number of amides is 3. The molecule has 0 spiro atoms. The minimum absolute atomic E-state index is 0.177. The fourth-order valence-electron chi connectivity index (χ4n) is 5.99. The molecule has 0 aliphatic carbocycles. The topological polar surface area (TPSA) is 82.2 Å². The summed E-state index contributed by atoms with van der Waals surface area (Å²) >= 11 is 0. The Morgan fingerprint density at radius 1 is 1.03 bits per heavy atom. The van der Waals surface area contributed by atoms with Gasteiger partial charge in [0, 0.05) is 55.6 Å². The first-order valence-electron chi connectivity index (χ1n) is 12.2. The molecule has 1 aromatic rings. The van der Waals surface area contributed by atoms with Crippen LogP contribution in [-0.2, 0) is 20.7 Å². The van der Waals surface area contributed by atoms with Gasteiger partial charge in [-0.25, -0.2) is 4.79 Å². The molecule has 4 aliphatic heterocycles. The monoisotopic (exact) mass is 454 g/mol. The Morgan fingerprint density at radius 2 is 1.82 bits per heavy atom. The fraction of sp³-hybridized carbons (Fsp3) is 0.640. The summed E-state index contributed by atoms with van der Waals surface area (Å²) in [4.78, 5) is 43.3. The van der Waals surface area contributed by atoms with E-state index in [4.69, 9.17) is 4.74 Å². The SMILES string of the molecule is CC(C)(C)OC(=O)N1CC[C@@H]2CN(c3cccc4c3CCN4[C@@H]3CCC(=O)NC3=O)CC[C@@H]21. The molecule has 8 heteroatoms. The minimum atomic E-state index is -0.477. The van der Waals surface area contributed by atoms with Gasteiger partial charge in [0.25, 0.3) is 0 Å². The number of carbonyl (C=O) groups excluding carboxylic acids is 3. The molecule has 5 rings (SSSR count). The van der Waals surface area contributed by atoms with Gasteiger partial charge >= 0.3 is 6.09 Å². The van der Waals surface area contributed by atoms with Crippen molar-refractivity contribution >= 4 is 29.3 Å². The van der Waals surface area contributed by atoms with Gasteiger partial charge in [-0.1, -0.05) is 6.07 Å². The van der Waals surface area contributed by atoms with Crippen LogP contribution in [0.1, 0.15) is 52.0 Å². The Hall–Kier alpha value is -2.77. The number of hydrogen-bond donors (Lipinski definition) is 1. The van der Waals surface area contributed by atoms with Crippen LogP contribution in [-0.4, -0.2) is 66.7 Å². The van der Waals surface area contributed by atoms with Crippen LogP contribution in [0.25, 0.3) is 0 Å². The first-order chi connectivity index (χ1) is 15.7. The molecule has 3 amide bonds. The highest BCUT2D eigenvalue weighted by Gasteiger charge is 2.43. The molecule has 4 aliphatic rings. The molecule has 4 heterocycles. The van der Waals surface area contributed by atoms with Crippen LogP contribution < -0.4 is 15.1 Å². The van der Waals surface area contributed by atoms with E-state index in [2.05, 4.69) is 33.3 Å². The highest BCUT2D eigenvalue weighted by atomic mass is 16.6. The summed E-state index contributed by atoms with van der Waals surface area (Å²) in [5.41, 5.74) is 3.18. The van der Waals surface area contributed by atoms with Crippen molar-refractivity contribution in [3.63, 3.8) is 0 Å². The van der Waals surface area contributed by atoms with E-state index in [1.165, 1.54) is 11.3 Å². The highest BCUT2D eigenvalue weighted by molar-refractivity contribution is 6.02. The molecule has 8 nitrogen and oxygen atoms in total. The second-order valence-corrected chi connectivity index (χ2v) is 10.7. The Kier molecular flexibility index (Phi) is 5.49. The van der Waals surface area contributed by atoms with Crippen molar-refractivity contribution in [1.29, 1.82) is 0 Å². The first-order valence-corrected chi connectivity index (χ1v) is 12.2. The molecule has 33 heavy (non-hydrogen) atoms. The lowest BCUT2D eigenvalue weighted by atomic mass is 9.92. The molecule has 0 unspecified atom stereocenters. The van der Waals surface area contributed by atoms with Crippen molar-refractivity contribution in [2.24, 2.45) is 5.92 Å². The molecule has 178 valence electrons. The van der Waals surface area contributed by atoms with Crippen molar-refractivity contribution in [3.05, 3.63) is 23.8 Å². The van der Waals surface area contributed by atoms with Gasteiger partial charge in [0.2, 0.25) is 11.8 Å². The average Bonchev–Trinajstić information content (AvgIpc) is 3.36. The van der Waals surface area contributed by atoms with Crippen LogP contribution in [0, 0.1) is 5.92 Å². The van der Waals surface area contributed by atoms with Gasteiger partial charge in [-0.05, 0) is 64.5 Å². The highest BCUT2D eigenvalue weighted by Crippen LogP contribution is 2.41. The maximum atomic E-state index is 12.7. The van der Waals surface area contributed by atoms with Crippen LogP contribution in [0.2, 0.25) is 0 Å². The Bertz CT molecular complexity index is 972. The standard InChI is InChI=1S/C25H34N4O4/c1-25(2,3)33-24(32)29-13-9-16-15-27(12-11-18(16)29)19-5-4-6-20-17(19)10-14-28(20)21-7-8-22(30)26-23(21)31/h4-6,16,18,21H,7-15H2,1-3H3,(H,26,30,31)/t16-,18+,21-/m1/s1. The molecule has 3 atom stereocenters. The lowest BCUT2D eigenvalue weighted by Crippen LogP contribution is -2.52. The number of piperidine rings is 2. The number of nitrogens with zero attached hydrogens (tertiary/aromatic N) is 3. The zero-order chi connectivity index (χ0) is 23.3. The molecular weight excluding hydrogens is 420 g/mol. The van der Waals surface area contributed by atoms with Gasteiger partial charge in [-0.3, -0.25) is 14.9 Å².